The Bertz CT molecular complexity index is 788. The monoisotopic (exact) mass is 337 g/mol. The summed E-state index contributed by atoms with van der Waals surface area (Å²) < 4.78 is 22.6. The average Bonchev–Trinajstić information content (AvgIpc) is 2.93. The molecular weight excluding hydrogens is 314 g/mol. The largest absolute Gasteiger partial charge is 0.356 e. The van der Waals surface area contributed by atoms with Crippen molar-refractivity contribution in [3.63, 3.8) is 0 Å². The minimum Gasteiger partial charge on any atom is -0.356 e. The van der Waals surface area contributed by atoms with Crippen LogP contribution in [-0.2, 0) is 10.0 Å². The molecule has 8 heteroatoms. The number of aromatic amines is 1. The third-order valence-corrected chi connectivity index (χ3v) is 5.80. The lowest BCUT2D eigenvalue weighted by atomic mass is 9.79. The zero-order valence-electron chi connectivity index (χ0n) is 13.4. The summed E-state index contributed by atoms with van der Waals surface area (Å²) in [6.07, 6.45) is 6.11. The highest BCUT2D eigenvalue weighted by atomic mass is 32.2. The van der Waals surface area contributed by atoms with Crippen molar-refractivity contribution in [3.8, 4) is 0 Å². The molecule has 3 unspecified atom stereocenters. The number of hydrogen-bond donors (Lipinski definition) is 2. The Morgan fingerprint density at radius 3 is 2.87 bits per heavy atom. The van der Waals surface area contributed by atoms with Crippen LogP contribution in [0.5, 0.6) is 0 Å². The van der Waals surface area contributed by atoms with Crippen LogP contribution in [-0.4, -0.2) is 42.2 Å². The van der Waals surface area contributed by atoms with Gasteiger partial charge in [0.2, 0.25) is 10.0 Å². The molecule has 1 saturated carbocycles. The summed E-state index contributed by atoms with van der Waals surface area (Å²) in [5, 5.41) is 6.20. The summed E-state index contributed by atoms with van der Waals surface area (Å²) in [5.41, 5.74) is 0.831. The molecule has 1 aliphatic rings. The molecule has 0 bridgehead atoms. The Kier molecular flexibility index (Phi) is 4.29. The summed E-state index contributed by atoms with van der Waals surface area (Å²) in [5.74, 6) is 1.54. The lowest BCUT2D eigenvalue weighted by Gasteiger charge is -2.40. The number of hydrogen-bond acceptors (Lipinski definition) is 5. The maximum absolute atomic E-state index is 11.3. The third-order valence-electron chi connectivity index (χ3n) is 4.87. The SMILES string of the molecule is CC1CC(CS(N)(=O)=O)CCC1N(C)c1ncnc2[nH]ccc12. The summed E-state index contributed by atoms with van der Waals surface area (Å²) in [6.45, 7) is 2.17. The maximum Gasteiger partial charge on any atom is 0.209 e. The van der Waals surface area contributed by atoms with Gasteiger partial charge < -0.3 is 9.88 Å². The van der Waals surface area contributed by atoms with E-state index in [4.69, 9.17) is 5.14 Å². The van der Waals surface area contributed by atoms with Crippen LogP contribution in [0.2, 0.25) is 0 Å². The molecule has 0 aliphatic heterocycles. The van der Waals surface area contributed by atoms with Gasteiger partial charge in [-0.3, -0.25) is 0 Å². The van der Waals surface area contributed by atoms with E-state index in [1.807, 2.05) is 12.3 Å². The highest BCUT2D eigenvalue weighted by Gasteiger charge is 2.32. The van der Waals surface area contributed by atoms with Crippen molar-refractivity contribution < 1.29 is 8.42 Å². The molecule has 1 fully saturated rings. The molecule has 2 aromatic heterocycles. The Hall–Kier alpha value is -1.67. The standard InChI is InChI=1S/C15H23N5O2S/c1-10-7-11(8-23(16,21)22)3-4-13(10)20(2)15-12-5-6-17-14(12)18-9-19-15/h5-6,9-11,13H,3-4,7-8H2,1-2H3,(H2,16,21,22)(H,17,18,19). The van der Waals surface area contributed by atoms with Crippen LogP contribution in [0.15, 0.2) is 18.6 Å². The molecule has 2 aromatic rings. The fourth-order valence-electron chi connectivity index (χ4n) is 3.84. The van der Waals surface area contributed by atoms with E-state index in [-0.39, 0.29) is 11.7 Å². The molecular formula is C15H23N5O2S. The molecule has 1 aliphatic carbocycles. The van der Waals surface area contributed by atoms with Crippen molar-refractivity contribution in [1.82, 2.24) is 15.0 Å². The predicted molar refractivity (Wildman–Crippen MR) is 90.6 cm³/mol. The molecule has 3 N–H and O–H groups in total. The molecule has 3 rings (SSSR count). The predicted octanol–water partition coefficient (Wildman–Crippen LogP) is 1.49. The highest BCUT2D eigenvalue weighted by Crippen LogP contribution is 2.35. The Labute approximate surface area is 136 Å². The fraction of sp³-hybridized carbons (Fsp3) is 0.600. The molecule has 0 aromatic carbocycles. The number of nitrogens with two attached hydrogens (primary N) is 1. The van der Waals surface area contributed by atoms with E-state index >= 15 is 0 Å². The first-order valence-corrected chi connectivity index (χ1v) is 9.58. The summed E-state index contributed by atoms with van der Waals surface area (Å²) in [4.78, 5) is 14.0. The molecule has 0 radical (unpaired) electrons. The summed E-state index contributed by atoms with van der Waals surface area (Å²) >= 11 is 0. The smallest absolute Gasteiger partial charge is 0.209 e. The lowest BCUT2D eigenvalue weighted by Crippen LogP contribution is -2.42. The Balaban J connectivity index is 1.76. The number of H-pyrrole nitrogens is 1. The topological polar surface area (TPSA) is 105 Å². The van der Waals surface area contributed by atoms with Crippen LogP contribution in [0.25, 0.3) is 11.0 Å². The van der Waals surface area contributed by atoms with Crippen LogP contribution >= 0.6 is 0 Å². The molecule has 126 valence electrons. The first-order chi connectivity index (χ1) is 10.8. The van der Waals surface area contributed by atoms with Crippen LogP contribution in [0, 0.1) is 11.8 Å². The molecule has 0 saturated heterocycles. The van der Waals surface area contributed by atoms with Crippen molar-refractivity contribution in [2.45, 2.75) is 32.2 Å². The van der Waals surface area contributed by atoms with Gasteiger partial charge in [0, 0.05) is 19.3 Å². The molecule has 0 amide bonds. The number of nitrogens with one attached hydrogen (secondary N) is 1. The van der Waals surface area contributed by atoms with Gasteiger partial charge in [0.05, 0.1) is 11.1 Å². The maximum atomic E-state index is 11.3. The van der Waals surface area contributed by atoms with Crippen molar-refractivity contribution >= 4 is 26.9 Å². The lowest BCUT2D eigenvalue weighted by molar-refractivity contribution is 0.258. The summed E-state index contributed by atoms with van der Waals surface area (Å²) in [7, 11) is -1.35. The van der Waals surface area contributed by atoms with Crippen molar-refractivity contribution in [3.05, 3.63) is 18.6 Å². The van der Waals surface area contributed by atoms with Gasteiger partial charge in [-0.15, -0.1) is 0 Å². The number of aromatic nitrogens is 3. The fourth-order valence-corrected chi connectivity index (χ4v) is 4.80. The molecule has 7 nitrogen and oxygen atoms in total. The van der Waals surface area contributed by atoms with Gasteiger partial charge >= 0.3 is 0 Å². The highest BCUT2D eigenvalue weighted by molar-refractivity contribution is 7.89. The van der Waals surface area contributed by atoms with Crippen molar-refractivity contribution in [2.75, 3.05) is 17.7 Å². The summed E-state index contributed by atoms with van der Waals surface area (Å²) in [6, 6.07) is 2.32. The van der Waals surface area contributed by atoms with Gasteiger partial charge in [-0.25, -0.2) is 23.5 Å². The van der Waals surface area contributed by atoms with E-state index in [2.05, 4.69) is 33.8 Å². The van der Waals surface area contributed by atoms with E-state index in [0.29, 0.717) is 12.0 Å². The molecule has 3 atom stereocenters. The second kappa shape index (κ2) is 6.09. The first kappa shape index (κ1) is 16.2. The number of nitrogens with zero attached hydrogens (tertiary/aromatic N) is 3. The zero-order chi connectivity index (χ0) is 16.6. The molecule has 0 spiro atoms. The second-order valence-corrected chi connectivity index (χ2v) is 8.26. The van der Waals surface area contributed by atoms with Crippen LogP contribution < -0.4 is 10.0 Å². The van der Waals surface area contributed by atoms with E-state index in [1.165, 1.54) is 0 Å². The van der Waals surface area contributed by atoms with E-state index in [1.54, 1.807) is 6.33 Å². The second-order valence-electron chi connectivity index (χ2n) is 6.60. The Morgan fingerprint density at radius 2 is 2.17 bits per heavy atom. The zero-order valence-corrected chi connectivity index (χ0v) is 14.3. The molecule has 23 heavy (non-hydrogen) atoms. The normalized spacial score (nSPS) is 25.6. The minimum absolute atomic E-state index is 0.0866. The number of primary sulfonamides is 1. The van der Waals surface area contributed by atoms with Gasteiger partial charge in [-0.1, -0.05) is 6.92 Å². The minimum atomic E-state index is -3.40. The van der Waals surface area contributed by atoms with Crippen LogP contribution in [0.1, 0.15) is 26.2 Å². The number of rotatable bonds is 4. The van der Waals surface area contributed by atoms with Gasteiger partial charge in [-0.05, 0) is 37.2 Å². The van der Waals surface area contributed by atoms with E-state index in [0.717, 1.165) is 36.1 Å². The number of fused-ring (bicyclic) bond motifs is 1. The van der Waals surface area contributed by atoms with Gasteiger partial charge in [0.1, 0.15) is 17.8 Å². The number of sulfonamides is 1. The van der Waals surface area contributed by atoms with E-state index < -0.39 is 10.0 Å². The Morgan fingerprint density at radius 1 is 1.39 bits per heavy atom. The quantitative estimate of drug-likeness (QED) is 0.879. The van der Waals surface area contributed by atoms with Crippen LogP contribution in [0.3, 0.4) is 0 Å². The van der Waals surface area contributed by atoms with Crippen molar-refractivity contribution in [1.29, 1.82) is 0 Å². The van der Waals surface area contributed by atoms with E-state index in [9.17, 15) is 8.42 Å². The third kappa shape index (κ3) is 3.48. The van der Waals surface area contributed by atoms with Gasteiger partial charge in [0.15, 0.2) is 0 Å². The van der Waals surface area contributed by atoms with Gasteiger partial charge in [-0.2, -0.15) is 0 Å². The van der Waals surface area contributed by atoms with Crippen LogP contribution in [0.4, 0.5) is 5.82 Å². The molecule has 2 heterocycles. The average molecular weight is 337 g/mol. The van der Waals surface area contributed by atoms with Gasteiger partial charge in [0.25, 0.3) is 0 Å². The first-order valence-electron chi connectivity index (χ1n) is 7.86. The van der Waals surface area contributed by atoms with Crippen molar-refractivity contribution in [2.24, 2.45) is 17.0 Å². The number of anilines is 1.